The van der Waals surface area contributed by atoms with Gasteiger partial charge in [0.05, 0.1) is 5.69 Å². The predicted molar refractivity (Wildman–Crippen MR) is 94.8 cm³/mol. The van der Waals surface area contributed by atoms with Crippen molar-refractivity contribution in [2.75, 3.05) is 11.4 Å². The third-order valence-corrected chi connectivity index (χ3v) is 4.61. The number of nitrogens with zero attached hydrogens (tertiary/aromatic N) is 1. The molecule has 0 bridgehead atoms. The van der Waals surface area contributed by atoms with Crippen LogP contribution in [-0.4, -0.2) is 23.7 Å². The van der Waals surface area contributed by atoms with Gasteiger partial charge in [0, 0.05) is 19.0 Å². The number of aryl methyl sites for hydroxylation is 1. The number of phenols is 1. The van der Waals surface area contributed by atoms with Gasteiger partial charge in [-0.15, -0.1) is 0 Å². The van der Waals surface area contributed by atoms with Crippen molar-refractivity contribution in [3.8, 4) is 11.5 Å². The molecule has 0 saturated carbocycles. The highest BCUT2D eigenvalue weighted by atomic mass is 16.5. The van der Waals surface area contributed by atoms with E-state index < -0.39 is 6.10 Å². The minimum absolute atomic E-state index is 0.0455. The van der Waals surface area contributed by atoms with Crippen LogP contribution in [-0.2, 0) is 11.2 Å². The van der Waals surface area contributed by atoms with Crippen LogP contribution in [0.4, 0.5) is 5.69 Å². The zero-order valence-corrected chi connectivity index (χ0v) is 14.4. The fourth-order valence-corrected chi connectivity index (χ4v) is 3.13. The molecule has 0 saturated heterocycles. The molecule has 24 heavy (non-hydrogen) atoms. The largest absolute Gasteiger partial charge is 0.508 e. The number of benzene rings is 2. The van der Waals surface area contributed by atoms with Gasteiger partial charge in [0.25, 0.3) is 5.91 Å². The zero-order chi connectivity index (χ0) is 17.3. The van der Waals surface area contributed by atoms with E-state index in [1.165, 1.54) is 11.1 Å². The van der Waals surface area contributed by atoms with E-state index in [2.05, 4.69) is 26.0 Å². The Morgan fingerprint density at radius 2 is 2.00 bits per heavy atom. The molecule has 1 amide bonds. The standard InChI is InChI=1S/C20H23NO3/c1-4-10-21-17-12-16(22)8-9-18(17)24-19(20(21)23)11-15-7-5-6-13(2)14(15)3/h5-9,12,19,22H,4,10-11H2,1-3H3. The van der Waals surface area contributed by atoms with E-state index in [1.807, 2.05) is 13.0 Å². The van der Waals surface area contributed by atoms with Crippen LogP contribution < -0.4 is 9.64 Å². The van der Waals surface area contributed by atoms with E-state index in [-0.39, 0.29) is 11.7 Å². The molecule has 4 heteroatoms. The molecule has 1 aliphatic rings. The number of amides is 1. The highest BCUT2D eigenvalue weighted by Crippen LogP contribution is 2.37. The summed E-state index contributed by atoms with van der Waals surface area (Å²) in [6.07, 6.45) is 0.860. The van der Waals surface area contributed by atoms with Gasteiger partial charge in [0.15, 0.2) is 6.10 Å². The molecule has 1 aliphatic heterocycles. The fourth-order valence-electron chi connectivity index (χ4n) is 3.13. The first kappa shape index (κ1) is 16.4. The van der Waals surface area contributed by atoms with E-state index in [9.17, 15) is 9.90 Å². The highest BCUT2D eigenvalue weighted by Gasteiger charge is 2.34. The summed E-state index contributed by atoms with van der Waals surface area (Å²) >= 11 is 0. The molecule has 126 valence electrons. The van der Waals surface area contributed by atoms with Gasteiger partial charge in [-0.1, -0.05) is 25.1 Å². The summed E-state index contributed by atoms with van der Waals surface area (Å²) in [5.41, 5.74) is 4.20. The number of carbonyl (C=O) groups excluding carboxylic acids is 1. The quantitative estimate of drug-likeness (QED) is 0.931. The van der Waals surface area contributed by atoms with E-state index in [0.29, 0.717) is 24.4 Å². The Morgan fingerprint density at radius 3 is 2.75 bits per heavy atom. The lowest BCUT2D eigenvalue weighted by Gasteiger charge is -2.34. The third kappa shape index (κ3) is 2.96. The molecule has 1 heterocycles. The van der Waals surface area contributed by atoms with Crippen molar-refractivity contribution in [1.82, 2.24) is 0 Å². The van der Waals surface area contributed by atoms with Gasteiger partial charge in [-0.3, -0.25) is 4.79 Å². The van der Waals surface area contributed by atoms with Gasteiger partial charge in [0.2, 0.25) is 0 Å². The van der Waals surface area contributed by atoms with Crippen LogP contribution in [0, 0.1) is 13.8 Å². The summed E-state index contributed by atoms with van der Waals surface area (Å²) in [6.45, 7) is 6.80. The van der Waals surface area contributed by atoms with E-state index in [4.69, 9.17) is 4.74 Å². The number of rotatable bonds is 4. The molecule has 0 aliphatic carbocycles. The zero-order valence-electron chi connectivity index (χ0n) is 14.4. The Hall–Kier alpha value is -2.49. The summed E-state index contributed by atoms with van der Waals surface area (Å²) < 4.78 is 5.97. The fraction of sp³-hybridized carbons (Fsp3) is 0.350. The maximum Gasteiger partial charge on any atom is 0.268 e. The second-order valence-electron chi connectivity index (χ2n) is 6.31. The Kier molecular flexibility index (Phi) is 4.47. The van der Waals surface area contributed by atoms with Gasteiger partial charge in [-0.2, -0.15) is 0 Å². The lowest BCUT2D eigenvalue weighted by molar-refractivity contribution is -0.126. The van der Waals surface area contributed by atoms with Crippen LogP contribution >= 0.6 is 0 Å². The molecule has 0 aromatic heterocycles. The molecule has 2 aromatic carbocycles. The van der Waals surface area contributed by atoms with Crippen LogP contribution in [0.1, 0.15) is 30.0 Å². The average molecular weight is 325 g/mol. The average Bonchev–Trinajstić information content (AvgIpc) is 2.56. The first-order valence-corrected chi connectivity index (χ1v) is 8.37. The van der Waals surface area contributed by atoms with Crippen LogP contribution in [0.3, 0.4) is 0 Å². The van der Waals surface area contributed by atoms with Gasteiger partial charge < -0.3 is 14.7 Å². The molecule has 0 fully saturated rings. The minimum atomic E-state index is -0.533. The van der Waals surface area contributed by atoms with Gasteiger partial charge in [-0.05, 0) is 49.1 Å². The second kappa shape index (κ2) is 6.56. The Morgan fingerprint density at radius 1 is 1.21 bits per heavy atom. The first-order chi connectivity index (χ1) is 11.5. The topological polar surface area (TPSA) is 49.8 Å². The molecular formula is C20H23NO3. The van der Waals surface area contributed by atoms with Gasteiger partial charge in [-0.25, -0.2) is 0 Å². The molecule has 0 radical (unpaired) electrons. The summed E-state index contributed by atoms with van der Waals surface area (Å²) in [6, 6.07) is 11.1. The number of carbonyl (C=O) groups is 1. The van der Waals surface area contributed by atoms with Crippen molar-refractivity contribution in [3.05, 3.63) is 53.1 Å². The van der Waals surface area contributed by atoms with E-state index in [0.717, 1.165) is 12.0 Å². The van der Waals surface area contributed by atoms with Crippen LogP contribution in [0.15, 0.2) is 36.4 Å². The Labute approximate surface area is 142 Å². The minimum Gasteiger partial charge on any atom is -0.508 e. The number of ether oxygens (including phenoxy) is 1. The Balaban J connectivity index is 1.94. The normalized spacial score (nSPS) is 16.7. The van der Waals surface area contributed by atoms with Crippen LogP contribution in [0.25, 0.3) is 0 Å². The monoisotopic (exact) mass is 325 g/mol. The molecule has 0 spiro atoms. The molecule has 4 nitrogen and oxygen atoms in total. The van der Waals surface area contributed by atoms with Crippen molar-refractivity contribution in [2.24, 2.45) is 0 Å². The summed E-state index contributed by atoms with van der Waals surface area (Å²) in [5.74, 6) is 0.742. The number of aromatic hydroxyl groups is 1. The molecular weight excluding hydrogens is 302 g/mol. The van der Waals surface area contributed by atoms with Crippen LogP contribution in [0.5, 0.6) is 11.5 Å². The summed E-state index contributed by atoms with van der Waals surface area (Å²) in [4.78, 5) is 14.6. The van der Waals surface area contributed by atoms with E-state index >= 15 is 0 Å². The summed E-state index contributed by atoms with van der Waals surface area (Å²) in [5, 5.41) is 9.73. The first-order valence-electron chi connectivity index (χ1n) is 8.37. The number of anilines is 1. The lowest BCUT2D eigenvalue weighted by atomic mass is 9.97. The smallest absolute Gasteiger partial charge is 0.268 e. The lowest BCUT2D eigenvalue weighted by Crippen LogP contribution is -2.47. The van der Waals surface area contributed by atoms with Crippen molar-refractivity contribution in [2.45, 2.75) is 39.7 Å². The maximum atomic E-state index is 12.9. The SMILES string of the molecule is CCCN1C(=O)C(Cc2cccc(C)c2C)Oc2ccc(O)cc21. The molecule has 1 unspecified atom stereocenters. The van der Waals surface area contributed by atoms with Crippen molar-refractivity contribution in [1.29, 1.82) is 0 Å². The van der Waals surface area contributed by atoms with Crippen molar-refractivity contribution < 1.29 is 14.6 Å². The summed E-state index contributed by atoms with van der Waals surface area (Å²) in [7, 11) is 0. The predicted octanol–water partition coefficient (Wildman–Crippen LogP) is 3.76. The maximum absolute atomic E-state index is 12.9. The van der Waals surface area contributed by atoms with Gasteiger partial charge >= 0.3 is 0 Å². The third-order valence-electron chi connectivity index (χ3n) is 4.61. The second-order valence-corrected chi connectivity index (χ2v) is 6.31. The number of hydrogen-bond donors (Lipinski definition) is 1. The number of fused-ring (bicyclic) bond motifs is 1. The number of hydrogen-bond acceptors (Lipinski definition) is 3. The van der Waals surface area contributed by atoms with Crippen molar-refractivity contribution >= 4 is 11.6 Å². The highest BCUT2D eigenvalue weighted by molar-refractivity contribution is 6.00. The molecule has 2 aromatic rings. The van der Waals surface area contributed by atoms with Gasteiger partial charge in [0.1, 0.15) is 11.5 Å². The Bertz CT molecular complexity index is 769. The molecule has 3 rings (SSSR count). The molecule has 1 atom stereocenters. The van der Waals surface area contributed by atoms with Crippen LogP contribution in [0.2, 0.25) is 0 Å². The number of phenolic OH excluding ortho intramolecular Hbond substituents is 1. The molecule has 1 N–H and O–H groups in total. The van der Waals surface area contributed by atoms with E-state index in [1.54, 1.807) is 23.1 Å². The van der Waals surface area contributed by atoms with Crippen molar-refractivity contribution in [3.63, 3.8) is 0 Å².